The highest BCUT2D eigenvalue weighted by atomic mass is 16.7. The third-order valence-corrected chi connectivity index (χ3v) is 3.58. The van der Waals surface area contributed by atoms with Crippen molar-refractivity contribution < 1.29 is 54.5 Å². The lowest BCUT2D eigenvalue weighted by molar-refractivity contribution is -0.296. The number of carbonyl (C=O) groups is 3. The largest absolute Gasteiger partial charge is 0.477 e. The Bertz CT molecular complexity index is 512. The summed E-state index contributed by atoms with van der Waals surface area (Å²) in [5.74, 6) is -6.66. The zero-order valence-corrected chi connectivity index (χ0v) is 13.2. The van der Waals surface area contributed by atoms with Gasteiger partial charge in [-0.3, -0.25) is 9.59 Å². The molecule has 6 atom stereocenters. The molecule has 1 aliphatic rings. The van der Waals surface area contributed by atoms with Crippen LogP contribution >= 0.6 is 0 Å². The summed E-state index contributed by atoms with van der Waals surface area (Å²) in [6, 6.07) is -1.45. The van der Waals surface area contributed by atoms with E-state index < -0.39 is 73.7 Å². The van der Waals surface area contributed by atoms with Crippen LogP contribution < -0.4 is 5.32 Å². The Hall–Kier alpha value is -1.83. The van der Waals surface area contributed by atoms with Crippen LogP contribution in [0.2, 0.25) is 0 Å². The van der Waals surface area contributed by atoms with Gasteiger partial charge in [-0.25, -0.2) is 4.79 Å². The monoisotopic (exact) mass is 367 g/mol. The van der Waals surface area contributed by atoms with Crippen molar-refractivity contribution in [2.75, 3.05) is 13.2 Å². The molecule has 1 aliphatic heterocycles. The quantitative estimate of drug-likeness (QED) is 0.214. The van der Waals surface area contributed by atoms with E-state index in [1.165, 1.54) is 0 Å². The molecule has 12 heteroatoms. The summed E-state index contributed by atoms with van der Waals surface area (Å²) in [4.78, 5) is 33.9. The molecule has 25 heavy (non-hydrogen) atoms. The maximum absolute atomic E-state index is 11.4. The first kappa shape index (κ1) is 21.2. The molecule has 0 aromatic rings. The number of rotatable bonds is 7. The van der Waals surface area contributed by atoms with Crippen molar-refractivity contribution in [1.29, 1.82) is 0 Å². The maximum Gasteiger partial charge on any atom is 0.364 e. The van der Waals surface area contributed by atoms with Crippen LogP contribution in [0.4, 0.5) is 0 Å². The number of carboxylic acid groups (broad SMARTS) is 1. The molecule has 0 aliphatic carbocycles. The first-order valence-electron chi connectivity index (χ1n) is 7.23. The molecular formula is C13H21NO11. The van der Waals surface area contributed by atoms with Gasteiger partial charge in [0.25, 0.3) is 5.79 Å². The summed E-state index contributed by atoms with van der Waals surface area (Å²) >= 11 is 0. The van der Waals surface area contributed by atoms with E-state index in [-0.39, 0.29) is 0 Å². The molecule has 0 saturated carbocycles. The molecule has 0 aromatic carbocycles. The van der Waals surface area contributed by atoms with Crippen LogP contribution in [0.1, 0.15) is 13.3 Å². The topological polar surface area (TPSA) is 203 Å². The van der Waals surface area contributed by atoms with E-state index in [0.717, 1.165) is 6.92 Å². The number of carboxylic acids is 1. The Morgan fingerprint density at radius 2 is 1.96 bits per heavy atom. The second kappa shape index (κ2) is 8.51. The van der Waals surface area contributed by atoms with Gasteiger partial charge >= 0.3 is 11.9 Å². The highest BCUT2D eigenvalue weighted by molar-refractivity contribution is 5.78. The highest BCUT2D eigenvalue weighted by Gasteiger charge is 2.55. The number of amides is 1. The molecule has 6 unspecified atom stereocenters. The summed E-state index contributed by atoms with van der Waals surface area (Å²) < 4.78 is 9.81. The SMILES string of the molecule is CC(=O)OC(C(O)CO)C1OC(O)(C(=O)O)CC(O)C1NC(=O)CO. The minimum absolute atomic E-state index is 0.850. The van der Waals surface area contributed by atoms with Crippen LogP contribution in [-0.4, -0.2) is 97.9 Å². The molecule has 144 valence electrons. The fourth-order valence-electron chi connectivity index (χ4n) is 2.46. The average molecular weight is 367 g/mol. The van der Waals surface area contributed by atoms with Crippen molar-refractivity contribution in [2.24, 2.45) is 0 Å². The van der Waals surface area contributed by atoms with Gasteiger partial charge in [0.2, 0.25) is 5.91 Å². The Kier molecular flexibility index (Phi) is 7.22. The van der Waals surface area contributed by atoms with Gasteiger partial charge in [-0.1, -0.05) is 0 Å². The lowest BCUT2D eigenvalue weighted by Crippen LogP contribution is -2.68. The van der Waals surface area contributed by atoms with Gasteiger partial charge in [-0.15, -0.1) is 0 Å². The minimum Gasteiger partial charge on any atom is -0.477 e. The predicted molar refractivity (Wildman–Crippen MR) is 75.7 cm³/mol. The molecule has 0 bridgehead atoms. The van der Waals surface area contributed by atoms with Gasteiger partial charge < -0.3 is 45.4 Å². The minimum atomic E-state index is -2.89. The molecule has 12 nitrogen and oxygen atoms in total. The maximum atomic E-state index is 11.4. The molecule has 0 spiro atoms. The standard InChI is InChI=1S/C13H21NO11/c1-5(17)24-10(7(19)3-15)11-9(14-8(20)4-16)6(18)2-13(23,25-11)12(21)22/h6-7,9-11,15-16,18-19,23H,2-4H2,1H3,(H,14,20)(H,21,22). The number of hydrogen-bond donors (Lipinski definition) is 7. The number of esters is 1. The Balaban J connectivity index is 3.26. The molecule has 1 amide bonds. The number of aliphatic carboxylic acids is 1. The van der Waals surface area contributed by atoms with Crippen molar-refractivity contribution in [3.8, 4) is 0 Å². The highest BCUT2D eigenvalue weighted by Crippen LogP contribution is 2.31. The number of ether oxygens (including phenoxy) is 2. The van der Waals surface area contributed by atoms with Crippen LogP contribution in [0.25, 0.3) is 0 Å². The zero-order valence-electron chi connectivity index (χ0n) is 13.2. The third-order valence-electron chi connectivity index (χ3n) is 3.58. The van der Waals surface area contributed by atoms with Gasteiger partial charge in [0.1, 0.15) is 18.8 Å². The number of nitrogens with one attached hydrogen (secondary N) is 1. The van der Waals surface area contributed by atoms with E-state index in [4.69, 9.17) is 24.8 Å². The van der Waals surface area contributed by atoms with E-state index in [2.05, 4.69) is 5.32 Å². The van der Waals surface area contributed by atoms with Crippen LogP contribution in [0.3, 0.4) is 0 Å². The van der Waals surface area contributed by atoms with Crippen LogP contribution in [0.15, 0.2) is 0 Å². The van der Waals surface area contributed by atoms with Crippen LogP contribution in [0, 0.1) is 0 Å². The summed E-state index contributed by atoms with van der Waals surface area (Å²) in [7, 11) is 0. The van der Waals surface area contributed by atoms with Gasteiger partial charge in [0.05, 0.1) is 18.8 Å². The number of carbonyl (C=O) groups excluding carboxylic acids is 2. The number of aliphatic hydroxyl groups excluding tert-OH is 4. The van der Waals surface area contributed by atoms with Crippen molar-refractivity contribution in [3.63, 3.8) is 0 Å². The van der Waals surface area contributed by atoms with Crippen LogP contribution in [-0.2, 0) is 23.9 Å². The lowest BCUT2D eigenvalue weighted by atomic mass is 9.88. The molecule has 7 N–H and O–H groups in total. The van der Waals surface area contributed by atoms with E-state index in [0.29, 0.717) is 0 Å². The summed E-state index contributed by atoms with van der Waals surface area (Å²) in [5, 5.41) is 59.1. The molecular weight excluding hydrogens is 346 g/mol. The summed E-state index contributed by atoms with van der Waals surface area (Å²) in [6.07, 6.45) is -7.79. The zero-order chi connectivity index (χ0) is 19.4. The number of aliphatic hydroxyl groups is 5. The fraction of sp³-hybridized carbons (Fsp3) is 0.769. The van der Waals surface area contributed by atoms with Gasteiger partial charge in [-0.05, 0) is 0 Å². The third kappa shape index (κ3) is 5.07. The van der Waals surface area contributed by atoms with Crippen LogP contribution in [0.5, 0.6) is 0 Å². The van der Waals surface area contributed by atoms with Gasteiger partial charge in [0, 0.05) is 13.3 Å². The molecule has 1 saturated heterocycles. The van der Waals surface area contributed by atoms with Crippen molar-refractivity contribution in [3.05, 3.63) is 0 Å². The van der Waals surface area contributed by atoms with Crippen molar-refractivity contribution in [1.82, 2.24) is 5.32 Å². The normalized spacial score (nSPS) is 31.7. The van der Waals surface area contributed by atoms with E-state index >= 15 is 0 Å². The second-order valence-electron chi connectivity index (χ2n) is 5.52. The summed E-state index contributed by atoms with van der Waals surface area (Å²) in [5.41, 5.74) is 0. The van der Waals surface area contributed by atoms with Gasteiger partial charge in [0.15, 0.2) is 6.10 Å². The average Bonchev–Trinajstić information content (AvgIpc) is 2.53. The van der Waals surface area contributed by atoms with Gasteiger partial charge in [-0.2, -0.15) is 0 Å². The summed E-state index contributed by atoms with van der Waals surface area (Å²) in [6.45, 7) is -0.943. The predicted octanol–water partition coefficient (Wildman–Crippen LogP) is -4.33. The molecule has 1 rings (SSSR count). The number of hydrogen-bond acceptors (Lipinski definition) is 10. The molecule has 0 radical (unpaired) electrons. The molecule has 1 fully saturated rings. The molecule has 0 aromatic heterocycles. The lowest BCUT2D eigenvalue weighted by Gasteiger charge is -2.45. The Morgan fingerprint density at radius 1 is 1.36 bits per heavy atom. The van der Waals surface area contributed by atoms with E-state index in [1.54, 1.807) is 0 Å². The van der Waals surface area contributed by atoms with Crippen molar-refractivity contribution in [2.45, 2.75) is 49.6 Å². The Morgan fingerprint density at radius 3 is 2.40 bits per heavy atom. The Labute approximate surface area is 141 Å². The first-order valence-corrected chi connectivity index (χ1v) is 7.23. The second-order valence-corrected chi connectivity index (χ2v) is 5.52. The fourth-order valence-corrected chi connectivity index (χ4v) is 2.46. The first-order chi connectivity index (χ1) is 11.6. The van der Waals surface area contributed by atoms with E-state index in [9.17, 15) is 29.7 Å². The molecule has 1 heterocycles. The van der Waals surface area contributed by atoms with Crippen molar-refractivity contribution >= 4 is 17.8 Å². The van der Waals surface area contributed by atoms with E-state index in [1.807, 2.05) is 0 Å². The smallest absolute Gasteiger partial charge is 0.364 e.